The largest absolute Gasteiger partial charge is 0.370 e. The summed E-state index contributed by atoms with van der Waals surface area (Å²) in [6.45, 7) is 6.91. The van der Waals surface area contributed by atoms with Crippen LogP contribution in [0, 0.1) is 6.92 Å². The van der Waals surface area contributed by atoms with Gasteiger partial charge in [0.2, 0.25) is 0 Å². The highest BCUT2D eigenvalue weighted by Crippen LogP contribution is 2.20. The number of aliphatic imine (C=N–C) groups is 1. The lowest BCUT2D eigenvalue weighted by atomic mass is 9.99. The Kier molecular flexibility index (Phi) is 7.54. The van der Waals surface area contributed by atoms with Crippen LogP contribution in [-0.4, -0.2) is 15.7 Å². The standard InChI is InChI=1S/C17H25N5.HI/c1-5-12(2)14-6-8-15(9-7-14)20-17(18)19-11-16-10-13(3)21-22(16)4;/h6-10,12H,5,11H2,1-4H3,(H3,18,19,20);1H. The number of nitrogens with two attached hydrogens (primary N) is 1. The molecule has 5 nitrogen and oxygen atoms in total. The van der Waals surface area contributed by atoms with Gasteiger partial charge in [-0.05, 0) is 43.0 Å². The second-order valence-corrected chi connectivity index (χ2v) is 5.66. The minimum Gasteiger partial charge on any atom is -0.370 e. The number of rotatable bonds is 5. The summed E-state index contributed by atoms with van der Waals surface area (Å²) in [6.07, 6.45) is 1.14. The molecule has 2 rings (SSSR count). The molecule has 1 atom stereocenters. The summed E-state index contributed by atoms with van der Waals surface area (Å²) < 4.78 is 1.83. The van der Waals surface area contributed by atoms with Crippen LogP contribution in [0.15, 0.2) is 35.3 Å². The zero-order valence-electron chi connectivity index (χ0n) is 14.2. The Morgan fingerprint density at radius 2 is 2.00 bits per heavy atom. The Morgan fingerprint density at radius 3 is 2.52 bits per heavy atom. The van der Waals surface area contributed by atoms with Gasteiger partial charge in [-0.25, -0.2) is 4.99 Å². The van der Waals surface area contributed by atoms with Crippen molar-refractivity contribution in [3.63, 3.8) is 0 Å². The highest BCUT2D eigenvalue weighted by Gasteiger charge is 2.04. The molecule has 2 aromatic rings. The molecule has 0 fully saturated rings. The van der Waals surface area contributed by atoms with Crippen molar-refractivity contribution in [3.8, 4) is 0 Å². The van der Waals surface area contributed by atoms with Gasteiger partial charge in [-0.3, -0.25) is 4.68 Å². The number of nitrogens with zero attached hydrogens (tertiary/aromatic N) is 3. The van der Waals surface area contributed by atoms with Crippen LogP contribution in [0.1, 0.15) is 43.1 Å². The Bertz CT molecular complexity index is 646. The van der Waals surface area contributed by atoms with Crippen molar-refractivity contribution in [3.05, 3.63) is 47.3 Å². The van der Waals surface area contributed by atoms with E-state index >= 15 is 0 Å². The molecule has 3 N–H and O–H groups in total. The smallest absolute Gasteiger partial charge is 0.193 e. The maximum Gasteiger partial charge on any atom is 0.193 e. The molecule has 0 spiro atoms. The molecule has 1 heterocycles. The first-order valence-electron chi connectivity index (χ1n) is 7.66. The van der Waals surface area contributed by atoms with E-state index in [1.807, 2.05) is 36.9 Å². The van der Waals surface area contributed by atoms with Gasteiger partial charge >= 0.3 is 0 Å². The molecule has 1 unspecified atom stereocenters. The number of nitrogens with one attached hydrogen (secondary N) is 1. The number of hydrogen-bond acceptors (Lipinski definition) is 2. The van der Waals surface area contributed by atoms with Crippen LogP contribution in [0.5, 0.6) is 0 Å². The van der Waals surface area contributed by atoms with Gasteiger partial charge in [0.15, 0.2) is 5.96 Å². The monoisotopic (exact) mass is 427 g/mol. The van der Waals surface area contributed by atoms with E-state index in [9.17, 15) is 0 Å². The fourth-order valence-electron chi connectivity index (χ4n) is 2.30. The molecule has 0 bridgehead atoms. The molecule has 0 saturated heterocycles. The maximum atomic E-state index is 5.94. The molecular weight excluding hydrogens is 401 g/mol. The van der Waals surface area contributed by atoms with Crippen molar-refractivity contribution in [1.82, 2.24) is 9.78 Å². The number of halogens is 1. The third kappa shape index (κ3) is 5.53. The second-order valence-electron chi connectivity index (χ2n) is 5.66. The van der Waals surface area contributed by atoms with Crippen molar-refractivity contribution in [2.45, 2.75) is 39.7 Å². The minimum absolute atomic E-state index is 0. The molecule has 6 heteroatoms. The topological polar surface area (TPSA) is 68.2 Å². The van der Waals surface area contributed by atoms with Gasteiger partial charge in [0, 0.05) is 12.7 Å². The van der Waals surface area contributed by atoms with E-state index in [2.05, 4.69) is 41.4 Å². The van der Waals surface area contributed by atoms with E-state index < -0.39 is 0 Å². The van der Waals surface area contributed by atoms with Crippen LogP contribution in [0.3, 0.4) is 0 Å². The first kappa shape index (κ1) is 19.5. The van der Waals surface area contributed by atoms with Crippen LogP contribution in [0.2, 0.25) is 0 Å². The Hall–Kier alpha value is -1.57. The van der Waals surface area contributed by atoms with Gasteiger partial charge in [-0.15, -0.1) is 24.0 Å². The Labute approximate surface area is 155 Å². The fraction of sp³-hybridized carbons (Fsp3) is 0.412. The Balaban J connectivity index is 0.00000264. The summed E-state index contributed by atoms with van der Waals surface area (Å²) in [5.41, 5.74) is 10.3. The van der Waals surface area contributed by atoms with E-state index in [1.165, 1.54) is 5.56 Å². The molecule has 1 aromatic heterocycles. The van der Waals surface area contributed by atoms with Crippen molar-refractivity contribution in [2.75, 3.05) is 5.32 Å². The quantitative estimate of drug-likeness (QED) is 0.434. The lowest BCUT2D eigenvalue weighted by molar-refractivity contribution is 0.706. The normalized spacial score (nSPS) is 12.6. The predicted octanol–water partition coefficient (Wildman–Crippen LogP) is 3.79. The highest BCUT2D eigenvalue weighted by atomic mass is 127. The van der Waals surface area contributed by atoms with Gasteiger partial charge < -0.3 is 11.1 Å². The predicted molar refractivity (Wildman–Crippen MR) is 107 cm³/mol. The molecule has 0 aliphatic heterocycles. The Morgan fingerprint density at radius 1 is 1.35 bits per heavy atom. The van der Waals surface area contributed by atoms with E-state index in [0.717, 1.165) is 23.5 Å². The zero-order chi connectivity index (χ0) is 16.1. The second kappa shape index (κ2) is 8.90. The summed E-state index contributed by atoms with van der Waals surface area (Å²) in [6, 6.07) is 10.4. The lowest BCUT2D eigenvalue weighted by Gasteiger charge is -2.10. The van der Waals surface area contributed by atoms with Gasteiger partial charge in [0.25, 0.3) is 0 Å². The number of benzene rings is 1. The SMILES string of the molecule is CCC(C)c1ccc(NC(N)=NCc2cc(C)nn2C)cc1.I. The van der Waals surface area contributed by atoms with E-state index in [0.29, 0.717) is 18.4 Å². The van der Waals surface area contributed by atoms with Gasteiger partial charge in [-0.2, -0.15) is 5.10 Å². The van der Waals surface area contributed by atoms with Crippen LogP contribution < -0.4 is 11.1 Å². The lowest BCUT2D eigenvalue weighted by Crippen LogP contribution is -2.22. The molecule has 0 radical (unpaired) electrons. The van der Waals surface area contributed by atoms with Crippen LogP contribution >= 0.6 is 24.0 Å². The molecule has 0 aliphatic rings. The van der Waals surface area contributed by atoms with Crippen molar-refractivity contribution >= 4 is 35.6 Å². The summed E-state index contributed by atoms with van der Waals surface area (Å²) in [5, 5.41) is 7.41. The maximum absolute atomic E-state index is 5.94. The van der Waals surface area contributed by atoms with Crippen LogP contribution in [-0.2, 0) is 13.6 Å². The minimum atomic E-state index is 0. The number of aromatic nitrogens is 2. The third-order valence-corrected chi connectivity index (χ3v) is 3.87. The fourth-order valence-corrected chi connectivity index (χ4v) is 2.30. The summed E-state index contributed by atoms with van der Waals surface area (Å²) >= 11 is 0. The first-order valence-corrected chi connectivity index (χ1v) is 7.66. The molecule has 1 aromatic carbocycles. The number of guanidine groups is 1. The summed E-state index contributed by atoms with van der Waals surface area (Å²) in [5.74, 6) is 0.989. The number of hydrogen-bond donors (Lipinski definition) is 2. The molecule has 23 heavy (non-hydrogen) atoms. The van der Waals surface area contributed by atoms with Crippen molar-refractivity contribution in [2.24, 2.45) is 17.8 Å². The van der Waals surface area contributed by atoms with Gasteiger partial charge in [0.1, 0.15) is 0 Å². The third-order valence-electron chi connectivity index (χ3n) is 3.87. The molecule has 0 amide bonds. The first-order chi connectivity index (χ1) is 10.5. The van der Waals surface area contributed by atoms with E-state index in [1.54, 1.807) is 0 Å². The van der Waals surface area contributed by atoms with Crippen molar-refractivity contribution < 1.29 is 0 Å². The van der Waals surface area contributed by atoms with Gasteiger partial charge in [-0.1, -0.05) is 26.0 Å². The molecule has 126 valence electrons. The average molecular weight is 427 g/mol. The van der Waals surface area contributed by atoms with E-state index in [4.69, 9.17) is 5.73 Å². The van der Waals surface area contributed by atoms with Crippen molar-refractivity contribution in [1.29, 1.82) is 0 Å². The summed E-state index contributed by atoms with van der Waals surface area (Å²) in [7, 11) is 1.91. The average Bonchev–Trinajstić information content (AvgIpc) is 2.83. The van der Waals surface area contributed by atoms with Gasteiger partial charge in [0.05, 0.1) is 17.9 Å². The zero-order valence-corrected chi connectivity index (χ0v) is 16.5. The number of anilines is 1. The van der Waals surface area contributed by atoms with Crippen LogP contribution in [0.25, 0.3) is 0 Å². The van der Waals surface area contributed by atoms with Crippen LogP contribution in [0.4, 0.5) is 5.69 Å². The summed E-state index contributed by atoms with van der Waals surface area (Å²) in [4.78, 5) is 4.36. The molecule has 0 aliphatic carbocycles. The number of aryl methyl sites for hydroxylation is 2. The van der Waals surface area contributed by atoms with E-state index in [-0.39, 0.29) is 24.0 Å². The molecule has 0 saturated carbocycles. The highest BCUT2D eigenvalue weighted by molar-refractivity contribution is 14.0. The molecular formula is C17H26IN5.